The van der Waals surface area contributed by atoms with Crippen LogP contribution in [0.2, 0.25) is 0 Å². The maximum Gasteiger partial charge on any atom is 0.422 e. The Morgan fingerprint density at radius 1 is 0.649 bits per heavy atom. The first-order valence-electron chi connectivity index (χ1n) is 12.4. The lowest BCUT2D eigenvalue weighted by Gasteiger charge is -2.22. The summed E-state index contributed by atoms with van der Waals surface area (Å²) in [4.78, 5) is -1.83. The Hall–Kier alpha value is -1.31. The lowest BCUT2D eigenvalue weighted by molar-refractivity contribution is -0.777. The molecule has 0 atom stereocenters. The van der Waals surface area contributed by atoms with Crippen LogP contribution in [0.5, 0.6) is 5.75 Å². The molecule has 4 nitrogen and oxygen atoms in total. The molecule has 0 N–H and O–H groups in total. The molecule has 0 aliphatic heterocycles. The molecular formula is C24H33F8O4S-. The first-order valence-corrected chi connectivity index (χ1v) is 13.2. The average molecular weight is 570 g/mol. The van der Waals surface area contributed by atoms with Gasteiger partial charge in [-0.3, -0.25) is 5.04 Å². The van der Waals surface area contributed by atoms with E-state index in [1.54, 1.807) is 0 Å². The maximum absolute atomic E-state index is 14.4. The van der Waals surface area contributed by atoms with Crippen LogP contribution >= 0.6 is 12.0 Å². The quantitative estimate of drug-likeness (QED) is 0.0547. The van der Waals surface area contributed by atoms with Crippen molar-refractivity contribution in [2.45, 2.75) is 114 Å². The predicted octanol–water partition coefficient (Wildman–Crippen LogP) is 9.09. The molecule has 0 radical (unpaired) electrons. The zero-order valence-electron chi connectivity index (χ0n) is 20.7. The van der Waals surface area contributed by atoms with Crippen LogP contribution < -0.4 is 9.99 Å². The molecule has 13 heteroatoms. The lowest BCUT2D eigenvalue weighted by atomic mass is 10.0. The van der Waals surface area contributed by atoms with Crippen LogP contribution in [0.15, 0.2) is 4.90 Å². The van der Waals surface area contributed by atoms with Crippen molar-refractivity contribution in [3.63, 3.8) is 0 Å². The number of hydrogen-bond donors (Lipinski definition) is 0. The second-order valence-electron chi connectivity index (χ2n) is 8.70. The average Bonchev–Trinajstić information content (AvgIpc) is 2.79. The zero-order valence-corrected chi connectivity index (χ0v) is 21.5. The Morgan fingerprint density at radius 3 is 1.38 bits per heavy atom. The van der Waals surface area contributed by atoms with E-state index in [0.29, 0.717) is 12.8 Å². The summed E-state index contributed by atoms with van der Waals surface area (Å²) >= 11 is -0.748. The third-order valence-electron chi connectivity index (χ3n) is 5.75. The van der Waals surface area contributed by atoms with E-state index in [1.807, 2.05) is 0 Å². The summed E-state index contributed by atoms with van der Waals surface area (Å²) in [5.74, 6) is -6.80. The number of benzene rings is 1. The van der Waals surface area contributed by atoms with E-state index < -0.39 is 64.4 Å². The van der Waals surface area contributed by atoms with Crippen LogP contribution in [0.4, 0.5) is 35.1 Å². The largest absolute Gasteiger partial charge is 0.691 e. The predicted molar refractivity (Wildman–Crippen MR) is 120 cm³/mol. The van der Waals surface area contributed by atoms with Gasteiger partial charge in [0.2, 0.25) is 0 Å². The molecule has 0 saturated heterocycles. The summed E-state index contributed by atoms with van der Waals surface area (Å²) < 4.78 is 118. The van der Waals surface area contributed by atoms with E-state index in [0.717, 1.165) is 25.7 Å². The highest BCUT2D eigenvalue weighted by Crippen LogP contribution is 2.50. The highest BCUT2D eigenvalue weighted by Gasteiger charge is 2.49. The van der Waals surface area contributed by atoms with Crippen LogP contribution in [-0.2, 0) is 21.7 Å². The van der Waals surface area contributed by atoms with E-state index in [2.05, 4.69) is 21.0 Å². The summed E-state index contributed by atoms with van der Waals surface area (Å²) in [6, 6.07) is 0. The van der Waals surface area contributed by atoms with E-state index in [1.165, 1.54) is 44.9 Å². The van der Waals surface area contributed by atoms with Crippen molar-refractivity contribution < 1.29 is 54.5 Å². The van der Waals surface area contributed by atoms with E-state index in [9.17, 15) is 40.4 Å². The standard InChI is InChI=1S/C24H34F8O4S/c1-2-3-4-5-6-7-8-9-10-11-12-13-14-15-16-34-21-17(23(27,28)29)19(25)22(37-36-35-33)20(26)18(21)24(30,31)32/h33H,2-16H2,1H3/p-1. The molecule has 0 aliphatic rings. The van der Waals surface area contributed by atoms with Gasteiger partial charge in [0.05, 0.1) is 18.6 Å². The molecule has 0 heterocycles. The number of alkyl halides is 6. The maximum atomic E-state index is 14.4. The molecule has 0 aliphatic carbocycles. The first kappa shape index (κ1) is 33.7. The van der Waals surface area contributed by atoms with E-state index in [4.69, 9.17) is 0 Å². The first-order chi connectivity index (χ1) is 17.5. The molecule has 1 aromatic carbocycles. The Balaban J connectivity index is 2.62. The van der Waals surface area contributed by atoms with E-state index in [-0.39, 0.29) is 6.42 Å². The van der Waals surface area contributed by atoms with Gasteiger partial charge in [-0.2, -0.15) is 30.7 Å². The van der Waals surface area contributed by atoms with Gasteiger partial charge in [-0.15, -0.1) is 0 Å². The Labute approximate surface area is 216 Å². The molecule has 0 fully saturated rings. The summed E-state index contributed by atoms with van der Waals surface area (Å²) in [5.41, 5.74) is -4.88. The van der Waals surface area contributed by atoms with Crippen molar-refractivity contribution in [1.29, 1.82) is 0 Å². The molecule has 1 rings (SSSR count). The number of hydrogen-bond acceptors (Lipinski definition) is 5. The Morgan fingerprint density at radius 2 is 1.03 bits per heavy atom. The summed E-state index contributed by atoms with van der Waals surface area (Å²) in [6.45, 7) is 1.57. The van der Waals surface area contributed by atoms with Gasteiger partial charge in [-0.1, -0.05) is 90.4 Å². The molecule has 0 unspecified atom stereocenters. The van der Waals surface area contributed by atoms with Crippen LogP contribution in [0.25, 0.3) is 0 Å². The zero-order chi connectivity index (χ0) is 27.9. The second-order valence-corrected chi connectivity index (χ2v) is 9.41. The highest BCUT2D eigenvalue weighted by atomic mass is 32.2. The number of unbranched alkanes of at least 4 members (excludes halogenated alkanes) is 13. The summed E-state index contributed by atoms with van der Waals surface area (Å²) in [5, 5.41) is 12.7. The van der Waals surface area contributed by atoms with Crippen LogP contribution in [0, 0.1) is 11.6 Å². The molecule has 0 amide bonds. The minimum atomic E-state index is -5.66. The molecule has 0 spiro atoms. The molecule has 0 aromatic heterocycles. The third kappa shape index (κ3) is 12.0. The minimum Gasteiger partial charge on any atom is -0.691 e. The monoisotopic (exact) mass is 569 g/mol. The van der Waals surface area contributed by atoms with Gasteiger partial charge in [0.25, 0.3) is 0 Å². The highest BCUT2D eigenvalue weighted by molar-refractivity contribution is 7.94. The molecule has 0 bridgehead atoms. The van der Waals surface area contributed by atoms with Crippen molar-refractivity contribution in [2.75, 3.05) is 6.61 Å². The molecule has 1 aromatic rings. The van der Waals surface area contributed by atoms with Gasteiger partial charge >= 0.3 is 12.4 Å². The van der Waals surface area contributed by atoms with E-state index >= 15 is 0 Å². The minimum absolute atomic E-state index is 0.0965. The van der Waals surface area contributed by atoms with Gasteiger partial charge in [0, 0.05) is 0 Å². The van der Waals surface area contributed by atoms with Crippen LogP contribution in [0.1, 0.15) is 108 Å². The topological polar surface area (TPSA) is 50.8 Å². The fourth-order valence-corrected chi connectivity index (χ4v) is 4.34. The molecule has 37 heavy (non-hydrogen) atoms. The lowest BCUT2D eigenvalue weighted by Crippen LogP contribution is -2.21. The summed E-state index contributed by atoms with van der Waals surface area (Å²) in [6.07, 6.45) is 2.59. The SMILES string of the molecule is CCCCCCCCCCCCCCCCOc1c(C(F)(F)F)c(F)c(SOO[O-])c(F)c1C(F)(F)F. The third-order valence-corrected chi connectivity index (χ3v) is 6.40. The fourth-order valence-electron chi connectivity index (χ4n) is 3.89. The summed E-state index contributed by atoms with van der Waals surface area (Å²) in [7, 11) is 0. The van der Waals surface area contributed by atoms with Crippen molar-refractivity contribution in [3.8, 4) is 5.75 Å². The van der Waals surface area contributed by atoms with Crippen LogP contribution in [0.3, 0.4) is 0 Å². The number of halogens is 8. The smallest absolute Gasteiger partial charge is 0.422 e. The molecule has 216 valence electrons. The van der Waals surface area contributed by atoms with Gasteiger partial charge in [0.15, 0.2) is 11.6 Å². The van der Waals surface area contributed by atoms with Gasteiger partial charge in [0.1, 0.15) is 21.8 Å². The Bertz CT molecular complexity index is 746. The Kier molecular flexibility index (Phi) is 15.8. The number of rotatable bonds is 19. The van der Waals surface area contributed by atoms with Gasteiger partial charge < -0.3 is 9.99 Å². The van der Waals surface area contributed by atoms with Gasteiger partial charge in [-0.05, 0) is 6.42 Å². The van der Waals surface area contributed by atoms with Gasteiger partial charge in [-0.25, -0.2) is 8.78 Å². The van der Waals surface area contributed by atoms with Crippen LogP contribution in [-0.4, -0.2) is 6.61 Å². The van der Waals surface area contributed by atoms with Crippen molar-refractivity contribution in [1.82, 2.24) is 0 Å². The number of ether oxygens (including phenoxy) is 1. The van der Waals surface area contributed by atoms with Crippen molar-refractivity contribution in [3.05, 3.63) is 22.8 Å². The normalized spacial score (nSPS) is 12.4. The van der Waals surface area contributed by atoms with Crippen molar-refractivity contribution in [2.24, 2.45) is 0 Å². The molecule has 0 saturated carbocycles. The van der Waals surface area contributed by atoms with Crippen molar-refractivity contribution >= 4 is 12.0 Å². The second kappa shape index (κ2) is 17.3. The molecular weight excluding hydrogens is 536 g/mol. The fraction of sp³-hybridized carbons (Fsp3) is 0.750.